The highest BCUT2D eigenvalue weighted by atomic mass is 16.6. The summed E-state index contributed by atoms with van der Waals surface area (Å²) in [7, 11) is 0. The Labute approximate surface area is 69.4 Å². The molecule has 0 saturated carbocycles. The molecule has 0 aromatic carbocycles. The summed E-state index contributed by atoms with van der Waals surface area (Å²) in [6.07, 6.45) is -1.22. The smallest absolute Gasteiger partial charge is 0.157 e. The largest absolute Gasteiger partial charge is 0.393 e. The van der Waals surface area contributed by atoms with E-state index in [-0.39, 0.29) is 19.1 Å². The Morgan fingerprint density at radius 3 is 2.83 bits per heavy atom. The van der Waals surface area contributed by atoms with E-state index in [9.17, 15) is 5.11 Å². The van der Waals surface area contributed by atoms with E-state index in [1.165, 1.54) is 0 Å². The van der Waals surface area contributed by atoms with Crippen LogP contribution in [0.25, 0.3) is 10.4 Å². The van der Waals surface area contributed by atoms with E-state index in [1.807, 2.05) is 0 Å². The van der Waals surface area contributed by atoms with Crippen LogP contribution in [-0.2, 0) is 4.74 Å². The van der Waals surface area contributed by atoms with Gasteiger partial charge in [0.2, 0.25) is 0 Å². The van der Waals surface area contributed by atoms with Crippen molar-refractivity contribution in [2.45, 2.75) is 31.3 Å². The third kappa shape index (κ3) is 2.67. The number of ether oxygens (including phenoxy) is 1. The lowest BCUT2D eigenvalue weighted by Crippen LogP contribution is -2.36. The number of nitrogens with zero attached hydrogens (tertiary/aromatic N) is 3. The molecule has 6 heteroatoms. The maximum absolute atomic E-state index is 9.17. The van der Waals surface area contributed by atoms with Crippen molar-refractivity contribution >= 4 is 0 Å². The Morgan fingerprint density at radius 2 is 2.25 bits per heavy atom. The molecular formula is C6H11N3O3. The van der Waals surface area contributed by atoms with E-state index in [0.29, 0.717) is 6.42 Å². The summed E-state index contributed by atoms with van der Waals surface area (Å²) in [5.74, 6) is 0. The van der Waals surface area contributed by atoms with Crippen LogP contribution in [0.2, 0.25) is 0 Å². The zero-order chi connectivity index (χ0) is 8.97. The van der Waals surface area contributed by atoms with Gasteiger partial charge in [0.05, 0.1) is 18.8 Å². The van der Waals surface area contributed by atoms with Crippen molar-refractivity contribution in [2.75, 3.05) is 6.54 Å². The zero-order valence-corrected chi connectivity index (χ0v) is 6.50. The van der Waals surface area contributed by atoms with Gasteiger partial charge in [-0.15, -0.1) is 0 Å². The standard InChI is InChI=1S/C6H11N3O3/c7-9-8-3-5-1-4(10)2-6(11)12-5/h4-6,10-11H,1-3H2/t4-,5+,6+/m1/s1. The minimum atomic E-state index is -0.937. The lowest BCUT2D eigenvalue weighted by atomic mass is 10.1. The first-order valence-corrected chi connectivity index (χ1v) is 3.75. The van der Waals surface area contributed by atoms with Gasteiger partial charge >= 0.3 is 0 Å². The molecule has 0 radical (unpaired) electrons. The minimum Gasteiger partial charge on any atom is -0.393 e. The Bertz CT molecular complexity index is 182. The molecule has 0 amide bonds. The second-order valence-corrected chi connectivity index (χ2v) is 2.75. The normalized spacial score (nSPS) is 35.7. The van der Waals surface area contributed by atoms with Gasteiger partial charge in [-0.2, -0.15) is 0 Å². The Morgan fingerprint density at radius 1 is 1.50 bits per heavy atom. The van der Waals surface area contributed by atoms with Gasteiger partial charge in [-0.3, -0.25) is 0 Å². The fourth-order valence-corrected chi connectivity index (χ4v) is 1.21. The summed E-state index contributed by atoms with van der Waals surface area (Å²) in [4.78, 5) is 2.56. The highest BCUT2D eigenvalue weighted by Crippen LogP contribution is 2.18. The summed E-state index contributed by atoms with van der Waals surface area (Å²) in [5, 5.41) is 21.5. The average molecular weight is 173 g/mol. The molecule has 1 rings (SSSR count). The third-order valence-corrected chi connectivity index (χ3v) is 1.71. The third-order valence-electron chi connectivity index (χ3n) is 1.71. The molecule has 6 nitrogen and oxygen atoms in total. The quantitative estimate of drug-likeness (QED) is 0.353. The zero-order valence-electron chi connectivity index (χ0n) is 6.50. The molecule has 0 aliphatic carbocycles. The van der Waals surface area contributed by atoms with Gasteiger partial charge in [0.15, 0.2) is 6.29 Å². The summed E-state index contributed by atoms with van der Waals surface area (Å²) in [6.45, 7) is 0.157. The maximum Gasteiger partial charge on any atom is 0.157 e. The lowest BCUT2D eigenvalue weighted by Gasteiger charge is -2.29. The molecule has 1 fully saturated rings. The van der Waals surface area contributed by atoms with Crippen molar-refractivity contribution in [1.29, 1.82) is 0 Å². The molecule has 1 heterocycles. The van der Waals surface area contributed by atoms with Crippen LogP contribution in [0.5, 0.6) is 0 Å². The van der Waals surface area contributed by atoms with Crippen molar-refractivity contribution in [2.24, 2.45) is 5.11 Å². The number of azide groups is 1. The summed E-state index contributed by atoms with van der Waals surface area (Å²) < 4.78 is 4.99. The average Bonchev–Trinajstić information content (AvgIpc) is 1.99. The molecule has 3 atom stereocenters. The monoisotopic (exact) mass is 173 g/mol. The van der Waals surface area contributed by atoms with Gasteiger partial charge < -0.3 is 14.9 Å². The fourth-order valence-electron chi connectivity index (χ4n) is 1.21. The lowest BCUT2D eigenvalue weighted by molar-refractivity contribution is -0.185. The molecule has 0 bridgehead atoms. The van der Waals surface area contributed by atoms with E-state index < -0.39 is 12.4 Å². The van der Waals surface area contributed by atoms with Crippen molar-refractivity contribution < 1.29 is 14.9 Å². The van der Waals surface area contributed by atoms with E-state index in [1.54, 1.807) is 0 Å². The summed E-state index contributed by atoms with van der Waals surface area (Å²) >= 11 is 0. The number of rotatable bonds is 2. The number of hydrogen-bond donors (Lipinski definition) is 2. The molecular weight excluding hydrogens is 162 g/mol. The number of aliphatic hydroxyl groups is 2. The second kappa shape index (κ2) is 4.27. The molecule has 0 unspecified atom stereocenters. The second-order valence-electron chi connectivity index (χ2n) is 2.75. The van der Waals surface area contributed by atoms with Crippen molar-refractivity contribution in [1.82, 2.24) is 0 Å². The van der Waals surface area contributed by atoms with E-state index >= 15 is 0 Å². The molecule has 68 valence electrons. The van der Waals surface area contributed by atoms with E-state index in [2.05, 4.69) is 10.0 Å². The number of hydrogen-bond acceptors (Lipinski definition) is 4. The first-order valence-electron chi connectivity index (χ1n) is 3.75. The molecule has 12 heavy (non-hydrogen) atoms. The predicted octanol–water partition coefficient (Wildman–Crippen LogP) is 0.155. The van der Waals surface area contributed by atoms with Gasteiger partial charge in [-0.25, -0.2) is 0 Å². The molecule has 0 aromatic heterocycles. The van der Waals surface area contributed by atoms with Gasteiger partial charge in [-0.1, -0.05) is 5.11 Å². The van der Waals surface area contributed by atoms with Gasteiger partial charge in [0.1, 0.15) is 0 Å². The highest BCUT2D eigenvalue weighted by molar-refractivity contribution is 4.74. The topological polar surface area (TPSA) is 98.5 Å². The Hall–Kier alpha value is -0.810. The Kier molecular flexibility index (Phi) is 3.31. The first kappa shape index (κ1) is 9.28. The first-order chi connectivity index (χ1) is 5.72. The minimum absolute atomic E-state index is 0.157. The molecule has 0 aromatic rings. The van der Waals surface area contributed by atoms with Crippen LogP contribution in [0.4, 0.5) is 0 Å². The Balaban J connectivity index is 2.38. The SMILES string of the molecule is [N-]=[N+]=NC[C@@H]1C[C@@H](O)C[C@@H](O)O1. The van der Waals surface area contributed by atoms with Gasteiger partial charge in [0, 0.05) is 11.3 Å². The van der Waals surface area contributed by atoms with E-state index in [4.69, 9.17) is 15.4 Å². The molecule has 1 aliphatic rings. The summed E-state index contributed by atoms with van der Waals surface area (Å²) in [5.41, 5.74) is 8.01. The van der Waals surface area contributed by atoms with Crippen LogP contribution >= 0.6 is 0 Å². The number of aliphatic hydroxyl groups excluding tert-OH is 2. The summed E-state index contributed by atoms with van der Waals surface area (Å²) in [6, 6.07) is 0. The maximum atomic E-state index is 9.17. The van der Waals surface area contributed by atoms with Gasteiger partial charge in [-0.05, 0) is 12.0 Å². The van der Waals surface area contributed by atoms with Crippen molar-refractivity contribution in [3.05, 3.63) is 10.4 Å². The van der Waals surface area contributed by atoms with Crippen molar-refractivity contribution in [3.63, 3.8) is 0 Å². The van der Waals surface area contributed by atoms with Crippen LogP contribution < -0.4 is 0 Å². The molecule has 1 saturated heterocycles. The predicted molar refractivity (Wildman–Crippen MR) is 40.1 cm³/mol. The molecule has 1 aliphatic heterocycles. The van der Waals surface area contributed by atoms with Gasteiger partial charge in [0.25, 0.3) is 0 Å². The van der Waals surface area contributed by atoms with E-state index in [0.717, 1.165) is 0 Å². The van der Waals surface area contributed by atoms with Crippen LogP contribution in [0.3, 0.4) is 0 Å². The highest BCUT2D eigenvalue weighted by Gasteiger charge is 2.26. The molecule has 2 N–H and O–H groups in total. The van der Waals surface area contributed by atoms with Crippen LogP contribution in [-0.4, -0.2) is 35.3 Å². The fraction of sp³-hybridized carbons (Fsp3) is 1.00. The van der Waals surface area contributed by atoms with Crippen LogP contribution in [0, 0.1) is 0 Å². The molecule has 0 spiro atoms. The van der Waals surface area contributed by atoms with Crippen molar-refractivity contribution in [3.8, 4) is 0 Å². The van der Waals surface area contributed by atoms with Crippen LogP contribution in [0.1, 0.15) is 12.8 Å². The van der Waals surface area contributed by atoms with Crippen LogP contribution in [0.15, 0.2) is 5.11 Å².